The van der Waals surface area contributed by atoms with E-state index in [2.05, 4.69) is 19.7 Å². The molecule has 0 spiro atoms. The van der Waals surface area contributed by atoms with Crippen LogP contribution in [0.4, 0.5) is 0 Å². The molecular weight excluding hydrogens is 256 g/mol. The second-order valence-electron chi connectivity index (χ2n) is 6.16. The van der Waals surface area contributed by atoms with Gasteiger partial charge in [0.15, 0.2) is 8.32 Å². The predicted octanol–water partition coefficient (Wildman–Crippen LogP) is 4.05. The normalized spacial score (nSPS) is 17.2. The molecule has 0 aromatic heterocycles. The fourth-order valence-electron chi connectivity index (χ4n) is 2.48. The van der Waals surface area contributed by atoms with E-state index < -0.39 is 8.32 Å². The summed E-state index contributed by atoms with van der Waals surface area (Å²) >= 11 is 0. The van der Waals surface area contributed by atoms with E-state index >= 15 is 0 Å². The van der Waals surface area contributed by atoms with Gasteiger partial charge in [0.05, 0.1) is 6.61 Å². The molecule has 0 bridgehead atoms. The molecule has 1 aliphatic carbocycles. The molecule has 1 rings (SSSR count). The SMILES string of the molecule is C=C(C)C(=O)OCCC[Si](C)(C)OC1CCCCC1. The van der Waals surface area contributed by atoms with Gasteiger partial charge in [-0.1, -0.05) is 25.8 Å². The van der Waals surface area contributed by atoms with Gasteiger partial charge < -0.3 is 9.16 Å². The van der Waals surface area contributed by atoms with Gasteiger partial charge in [-0.25, -0.2) is 4.79 Å². The van der Waals surface area contributed by atoms with Crippen LogP contribution in [0, 0.1) is 0 Å². The van der Waals surface area contributed by atoms with Crippen LogP contribution in [0.25, 0.3) is 0 Å². The van der Waals surface area contributed by atoms with Crippen molar-refractivity contribution in [1.29, 1.82) is 0 Å². The number of ether oxygens (including phenoxy) is 1. The molecule has 4 heteroatoms. The largest absolute Gasteiger partial charge is 0.462 e. The Morgan fingerprint density at radius 1 is 1.26 bits per heavy atom. The Bertz CT molecular complexity index is 307. The maximum absolute atomic E-state index is 11.2. The first kappa shape index (κ1) is 16.4. The molecule has 0 saturated heterocycles. The van der Waals surface area contributed by atoms with Crippen molar-refractivity contribution < 1.29 is 14.0 Å². The Hall–Kier alpha value is -0.613. The molecule has 1 aliphatic rings. The van der Waals surface area contributed by atoms with Crippen LogP contribution in [0.15, 0.2) is 12.2 Å². The van der Waals surface area contributed by atoms with E-state index in [-0.39, 0.29) is 5.97 Å². The summed E-state index contributed by atoms with van der Waals surface area (Å²) < 4.78 is 11.4. The molecule has 0 aromatic rings. The molecule has 1 saturated carbocycles. The van der Waals surface area contributed by atoms with Crippen molar-refractivity contribution in [2.45, 2.75) is 70.7 Å². The van der Waals surface area contributed by atoms with Crippen molar-refractivity contribution in [3.8, 4) is 0 Å². The topological polar surface area (TPSA) is 35.5 Å². The van der Waals surface area contributed by atoms with Crippen LogP contribution in [-0.4, -0.2) is 27.0 Å². The van der Waals surface area contributed by atoms with Gasteiger partial charge >= 0.3 is 5.97 Å². The van der Waals surface area contributed by atoms with Crippen LogP contribution in [-0.2, 0) is 14.0 Å². The lowest BCUT2D eigenvalue weighted by molar-refractivity contribution is -0.138. The highest BCUT2D eigenvalue weighted by Gasteiger charge is 2.27. The number of hydrogen-bond donors (Lipinski definition) is 0. The number of hydrogen-bond acceptors (Lipinski definition) is 3. The fourth-order valence-corrected chi connectivity index (χ4v) is 4.73. The van der Waals surface area contributed by atoms with Gasteiger partial charge in [-0.15, -0.1) is 0 Å². The summed E-state index contributed by atoms with van der Waals surface area (Å²) in [5, 5.41) is 0. The Kier molecular flexibility index (Phi) is 6.79. The van der Waals surface area contributed by atoms with Crippen LogP contribution in [0.2, 0.25) is 19.1 Å². The zero-order chi connectivity index (χ0) is 14.3. The molecule has 0 unspecified atom stereocenters. The monoisotopic (exact) mass is 284 g/mol. The van der Waals surface area contributed by atoms with Crippen LogP contribution < -0.4 is 0 Å². The summed E-state index contributed by atoms with van der Waals surface area (Å²) in [7, 11) is -1.60. The van der Waals surface area contributed by atoms with E-state index in [1.54, 1.807) is 6.92 Å². The summed E-state index contributed by atoms with van der Waals surface area (Å²) in [5.74, 6) is -0.285. The number of esters is 1. The zero-order valence-corrected chi connectivity index (χ0v) is 13.7. The Morgan fingerprint density at radius 3 is 2.47 bits per heavy atom. The predicted molar refractivity (Wildman–Crippen MR) is 80.6 cm³/mol. The first-order valence-electron chi connectivity index (χ1n) is 7.41. The summed E-state index contributed by atoms with van der Waals surface area (Å²) in [5.41, 5.74) is 0.468. The average molecular weight is 284 g/mol. The minimum absolute atomic E-state index is 0.285. The minimum atomic E-state index is -1.60. The van der Waals surface area contributed by atoms with E-state index in [9.17, 15) is 4.79 Å². The van der Waals surface area contributed by atoms with E-state index in [0.717, 1.165) is 12.5 Å². The number of carbonyl (C=O) groups excluding carboxylic acids is 1. The third-order valence-electron chi connectivity index (χ3n) is 3.54. The molecule has 0 aliphatic heterocycles. The third kappa shape index (κ3) is 6.92. The number of rotatable bonds is 7. The van der Waals surface area contributed by atoms with Gasteiger partial charge in [-0.3, -0.25) is 0 Å². The van der Waals surface area contributed by atoms with Gasteiger partial charge in [0.1, 0.15) is 0 Å². The smallest absolute Gasteiger partial charge is 0.333 e. The van der Waals surface area contributed by atoms with Crippen molar-refractivity contribution in [2.75, 3.05) is 6.61 Å². The number of carbonyl (C=O) groups is 1. The van der Waals surface area contributed by atoms with E-state index in [1.165, 1.54) is 32.1 Å². The van der Waals surface area contributed by atoms with Gasteiger partial charge in [-0.05, 0) is 45.3 Å². The van der Waals surface area contributed by atoms with Crippen molar-refractivity contribution in [1.82, 2.24) is 0 Å². The van der Waals surface area contributed by atoms with Crippen molar-refractivity contribution in [3.63, 3.8) is 0 Å². The van der Waals surface area contributed by atoms with Crippen LogP contribution in [0.1, 0.15) is 45.4 Å². The first-order chi connectivity index (χ1) is 8.91. The van der Waals surface area contributed by atoms with Gasteiger partial charge in [0, 0.05) is 11.7 Å². The van der Waals surface area contributed by atoms with Crippen molar-refractivity contribution in [3.05, 3.63) is 12.2 Å². The van der Waals surface area contributed by atoms with Crippen molar-refractivity contribution >= 4 is 14.3 Å². The lowest BCUT2D eigenvalue weighted by Crippen LogP contribution is -2.36. The lowest BCUT2D eigenvalue weighted by atomic mass is 9.98. The molecule has 0 heterocycles. The highest BCUT2D eigenvalue weighted by atomic mass is 28.4. The second-order valence-corrected chi connectivity index (χ2v) is 10.4. The van der Waals surface area contributed by atoms with Gasteiger partial charge in [0.25, 0.3) is 0 Å². The van der Waals surface area contributed by atoms with E-state index in [1.807, 2.05) is 0 Å². The van der Waals surface area contributed by atoms with Crippen molar-refractivity contribution in [2.24, 2.45) is 0 Å². The van der Waals surface area contributed by atoms with Crippen LogP contribution >= 0.6 is 0 Å². The maximum atomic E-state index is 11.2. The molecule has 0 amide bonds. The highest BCUT2D eigenvalue weighted by molar-refractivity contribution is 6.71. The van der Waals surface area contributed by atoms with Gasteiger partial charge in [-0.2, -0.15) is 0 Å². The summed E-state index contributed by atoms with van der Waals surface area (Å²) in [6, 6.07) is 1.05. The first-order valence-corrected chi connectivity index (χ1v) is 10.5. The summed E-state index contributed by atoms with van der Waals surface area (Å²) in [6.07, 6.45) is 7.80. The summed E-state index contributed by atoms with van der Waals surface area (Å²) in [6.45, 7) is 10.3. The molecule has 3 nitrogen and oxygen atoms in total. The highest BCUT2D eigenvalue weighted by Crippen LogP contribution is 2.25. The zero-order valence-electron chi connectivity index (χ0n) is 12.7. The molecule has 19 heavy (non-hydrogen) atoms. The Morgan fingerprint density at radius 2 is 1.89 bits per heavy atom. The fraction of sp³-hybridized carbons (Fsp3) is 0.800. The molecule has 110 valence electrons. The lowest BCUT2D eigenvalue weighted by Gasteiger charge is -2.31. The maximum Gasteiger partial charge on any atom is 0.333 e. The average Bonchev–Trinajstić information content (AvgIpc) is 2.35. The quantitative estimate of drug-likeness (QED) is 0.306. The second kappa shape index (κ2) is 7.85. The summed E-state index contributed by atoms with van der Waals surface area (Å²) in [4.78, 5) is 11.2. The molecular formula is C15H28O3Si. The molecule has 0 atom stereocenters. The molecule has 0 radical (unpaired) electrons. The minimum Gasteiger partial charge on any atom is -0.462 e. The Labute approximate surface area is 118 Å². The van der Waals surface area contributed by atoms with Crippen LogP contribution in [0.5, 0.6) is 0 Å². The van der Waals surface area contributed by atoms with Crippen LogP contribution in [0.3, 0.4) is 0 Å². The molecule has 0 N–H and O–H groups in total. The van der Waals surface area contributed by atoms with Gasteiger partial charge in [0.2, 0.25) is 0 Å². The Balaban J connectivity index is 2.18. The third-order valence-corrected chi connectivity index (χ3v) is 6.07. The standard InChI is InChI=1S/C15H28O3Si/c1-13(2)15(16)17-11-8-12-19(3,4)18-14-9-6-5-7-10-14/h14H,1,5-12H2,2-4H3. The molecule has 0 aromatic carbocycles. The van der Waals surface area contributed by atoms with E-state index in [4.69, 9.17) is 9.16 Å². The molecule has 1 fully saturated rings. The van der Waals surface area contributed by atoms with E-state index in [0.29, 0.717) is 18.3 Å².